The Bertz CT molecular complexity index is 396. The molecule has 0 bridgehead atoms. The highest BCUT2D eigenvalue weighted by molar-refractivity contribution is 5.96. The zero-order valence-electron chi connectivity index (χ0n) is 11.4. The molecule has 104 valence electrons. The Labute approximate surface area is 114 Å². The summed E-state index contributed by atoms with van der Waals surface area (Å²) in [6.07, 6.45) is 1.46. The molecule has 1 N–H and O–H groups in total. The average Bonchev–Trinajstić information content (AvgIpc) is 2.46. The van der Waals surface area contributed by atoms with Gasteiger partial charge in [-0.15, -0.1) is 0 Å². The van der Waals surface area contributed by atoms with E-state index in [0.717, 1.165) is 30.9 Å². The number of carbonyl (C=O) groups excluding carboxylic acids is 1. The van der Waals surface area contributed by atoms with Gasteiger partial charge in [0.1, 0.15) is 5.75 Å². The standard InChI is InChI=1S/C15H21NO3/c1-2-8-19-14-5-3-12(4-6-14)15(17)10-13-11-18-9-7-16-13/h3-6,13,16H,2,7-11H2,1H3. The second-order valence-electron chi connectivity index (χ2n) is 4.73. The summed E-state index contributed by atoms with van der Waals surface area (Å²) >= 11 is 0. The number of rotatable bonds is 6. The van der Waals surface area contributed by atoms with Gasteiger partial charge in [-0.2, -0.15) is 0 Å². The van der Waals surface area contributed by atoms with Gasteiger partial charge < -0.3 is 14.8 Å². The molecule has 1 unspecified atom stereocenters. The molecule has 1 aromatic carbocycles. The van der Waals surface area contributed by atoms with Crippen LogP contribution in [0.3, 0.4) is 0 Å². The molecule has 1 heterocycles. The SMILES string of the molecule is CCCOc1ccc(C(=O)CC2COCCN2)cc1. The number of hydrogen-bond acceptors (Lipinski definition) is 4. The minimum atomic E-state index is 0.136. The van der Waals surface area contributed by atoms with Gasteiger partial charge in [0.15, 0.2) is 5.78 Å². The number of ether oxygens (including phenoxy) is 2. The van der Waals surface area contributed by atoms with Crippen LogP contribution in [0.25, 0.3) is 0 Å². The number of hydrogen-bond donors (Lipinski definition) is 1. The van der Waals surface area contributed by atoms with Crippen molar-refractivity contribution in [1.82, 2.24) is 5.32 Å². The molecule has 0 aromatic heterocycles. The maximum Gasteiger partial charge on any atom is 0.164 e. The van der Waals surface area contributed by atoms with Gasteiger partial charge in [0.2, 0.25) is 0 Å². The van der Waals surface area contributed by atoms with E-state index in [4.69, 9.17) is 9.47 Å². The lowest BCUT2D eigenvalue weighted by Crippen LogP contribution is -2.42. The van der Waals surface area contributed by atoms with Crippen molar-refractivity contribution in [3.8, 4) is 5.75 Å². The number of benzene rings is 1. The molecule has 1 atom stereocenters. The van der Waals surface area contributed by atoms with Gasteiger partial charge in [-0.05, 0) is 30.7 Å². The minimum absolute atomic E-state index is 0.136. The Morgan fingerprint density at radius 1 is 1.42 bits per heavy atom. The highest BCUT2D eigenvalue weighted by Crippen LogP contribution is 2.14. The van der Waals surface area contributed by atoms with Crippen LogP contribution in [0.1, 0.15) is 30.1 Å². The highest BCUT2D eigenvalue weighted by atomic mass is 16.5. The van der Waals surface area contributed by atoms with Gasteiger partial charge in [-0.3, -0.25) is 4.79 Å². The van der Waals surface area contributed by atoms with Crippen LogP contribution in [0.4, 0.5) is 0 Å². The maximum absolute atomic E-state index is 12.1. The molecule has 0 saturated carbocycles. The molecular formula is C15H21NO3. The molecule has 0 amide bonds. The third-order valence-electron chi connectivity index (χ3n) is 3.08. The molecule has 1 aromatic rings. The normalized spacial score (nSPS) is 19.1. The van der Waals surface area contributed by atoms with Crippen molar-refractivity contribution in [3.63, 3.8) is 0 Å². The molecule has 1 aliphatic rings. The molecule has 4 nitrogen and oxygen atoms in total. The van der Waals surface area contributed by atoms with Crippen molar-refractivity contribution in [1.29, 1.82) is 0 Å². The highest BCUT2D eigenvalue weighted by Gasteiger charge is 2.17. The lowest BCUT2D eigenvalue weighted by Gasteiger charge is -2.23. The van der Waals surface area contributed by atoms with Crippen LogP contribution < -0.4 is 10.1 Å². The third-order valence-corrected chi connectivity index (χ3v) is 3.08. The van der Waals surface area contributed by atoms with Crippen LogP contribution >= 0.6 is 0 Å². The molecule has 19 heavy (non-hydrogen) atoms. The van der Waals surface area contributed by atoms with Gasteiger partial charge in [0.05, 0.1) is 19.8 Å². The first-order valence-corrected chi connectivity index (χ1v) is 6.87. The lowest BCUT2D eigenvalue weighted by atomic mass is 10.0. The van der Waals surface area contributed by atoms with Crippen LogP contribution in [-0.2, 0) is 4.74 Å². The average molecular weight is 263 g/mol. The fourth-order valence-corrected chi connectivity index (χ4v) is 2.05. The van der Waals surface area contributed by atoms with E-state index < -0.39 is 0 Å². The van der Waals surface area contributed by atoms with Gasteiger partial charge in [-0.25, -0.2) is 0 Å². The van der Waals surface area contributed by atoms with Crippen molar-refractivity contribution >= 4 is 5.78 Å². The Kier molecular flexibility index (Phi) is 5.36. The van der Waals surface area contributed by atoms with Crippen LogP contribution in [0.5, 0.6) is 5.75 Å². The predicted molar refractivity (Wildman–Crippen MR) is 73.8 cm³/mol. The zero-order chi connectivity index (χ0) is 13.5. The number of ketones is 1. The van der Waals surface area contributed by atoms with E-state index in [0.29, 0.717) is 19.6 Å². The molecule has 0 aliphatic carbocycles. The molecule has 2 rings (SSSR count). The van der Waals surface area contributed by atoms with Crippen molar-refractivity contribution in [2.45, 2.75) is 25.8 Å². The summed E-state index contributed by atoms with van der Waals surface area (Å²) in [4.78, 5) is 12.1. The Morgan fingerprint density at radius 3 is 2.84 bits per heavy atom. The van der Waals surface area contributed by atoms with Gasteiger partial charge in [-0.1, -0.05) is 6.92 Å². The number of nitrogens with one attached hydrogen (secondary N) is 1. The van der Waals surface area contributed by atoms with E-state index in [1.165, 1.54) is 0 Å². The van der Waals surface area contributed by atoms with Crippen LogP contribution in [0.15, 0.2) is 24.3 Å². The summed E-state index contributed by atoms with van der Waals surface area (Å²) < 4.78 is 10.8. The van der Waals surface area contributed by atoms with Crippen molar-refractivity contribution in [2.24, 2.45) is 0 Å². The molecule has 4 heteroatoms. The van der Waals surface area contributed by atoms with Gasteiger partial charge in [0.25, 0.3) is 0 Å². The molecule has 0 radical (unpaired) electrons. The van der Waals surface area contributed by atoms with E-state index in [1.807, 2.05) is 24.3 Å². The third kappa shape index (κ3) is 4.33. The van der Waals surface area contributed by atoms with Crippen molar-refractivity contribution < 1.29 is 14.3 Å². The second-order valence-corrected chi connectivity index (χ2v) is 4.73. The number of Topliss-reactive ketones (excluding diaryl/α,β-unsaturated/α-hetero) is 1. The summed E-state index contributed by atoms with van der Waals surface area (Å²) in [7, 11) is 0. The van der Waals surface area contributed by atoms with Crippen molar-refractivity contribution in [3.05, 3.63) is 29.8 Å². The minimum Gasteiger partial charge on any atom is -0.494 e. The van der Waals surface area contributed by atoms with E-state index >= 15 is 0 Å². The van der Waals surface area contributed by atoms with Crippen molar-refractivity contribution in [2.75, 3.05) is 26.4 Å². The largest absolute Gasteiger partial charge is 0.494 e. The molecule has 1 fully saturated rings. The quantitative estimate of drug-likeness (QED) is 0.798. The Morgan fingerprint density at radius 2 is 2.21 bits per heavy atom. The monoisotopic (exact) mass is 263 g/mol. The number of morpholine rings is 1. The topological polar surface area (TPSA) is 47.6 Å². The first kappa shape index (κ1) is 14.0. The fraction of sp³-hybridized carbons (Fsp3) is 0.533. The summed E-state index contributed by atoms with van der Waals surface area (Å²) in [6.45, 7) is 4.94. The Balaban J connectivity index is 1.87. The molecule has 1 saturated heterocycles. The first-order valence-electron chi connectivity index (χ1n) is 6.87. The summed E-state index contributed by atoms with van der Waals surface area (Å²) in [5.74, 6) is 0.961. The van der Waals surface area contributed by atoms with E-state index in [1.54, 1.807) is 0 Å². The smallest absolute Gasteiger partial charge is 0.164 e. The van der Waals surface area contributed by atoms with E-state index in [2.05, 4.69) is 12.2 Å². The summed E-state index contributed by atoms with van der Waals surface area (Å²) in [5, 5.41) is 3.29. The Hall–Kier alpha value is -1.39. The second kappa shape index (κ2) is 7.26. The lowest BCUT2D eigenvalue weighted by molar-refractivity contribution is 0.0676. The van der Waals surface area contributed by atoms with Crippen LogP contribution in [0, 0.1) is 0 Å². The van der Waals surface area contributed by atoms with Gasteiger partial charge >= 0.3 is 0 Å². The molecule has 0 spiro atoms. The first-order chi connectivity index (χ1) is 9.29. The zero-order valence-corrected chi connectivity index (χ0v) is 11.4. The molecular weight excluding hydrogens is 242 g/mol. The summed E-state index contributed by atoms with van der Waals surface area (Å²) in [6, 6.07) is 7.51. The van der Waals surface area contributed by atoms with E-state index in [-0.39, 0.29) is 11.8 Å². The molecule has 1 aliphatic heterocycles. The summed E-state index contributed by atoms with van der Waals surface area (Å²) in [5.41, 5.74) is 0.733. The number of carbonyl (C=O) groups is 1. The maximum atomic E-state index is 12.1. The fourth-order valence-electron chi connectivity index (χ4n) is 2.05. The van der Waals surface area contributed by atoms with Gasteiger partial charge in [0, 0.05) is 24.6 Å². The van der Waals surface area contributed by atoms with Crippen LogP contribution in [-0.4, -0.2) is 38.2 Å². The van der Waals surface area contributed by atoms with E-state index in [9.17, 15) is 4.79 Å². The predicted octanol–water partition coefficient (Wildman–Crippen LogP) is 2.04. The van der Waals surface area contributed by atoms with Crippen LogP contribution in [0.2, 0.25) is 0 Å².